The van der Waals surface area contributed by atoms with Crippen LogP contribution in [0, 0.1) is 17.8 Å². The van der Waals surface area contributed by atoms with Gasteiger partial charge in [-0.05, 0) is 43.9 Å². The average molecular weight is 252 g/mol. The summed E-state index contributed by atoms with van der Waals surface area (Å²) in [5.74, 6) is 3.08. The van der Waals surface area contributed by atoms with E-state index >= 15 is 0 Å². The van der Waals surface area contributed by atoms with Crippen LogP contribution in [0.1, 0.15) is 32.6 Å². The van der Waals surface area contributed by atoms with Crippen molar-refractivity contribution < 1.29 is 4.74 Å². The first-order chi connectivity index (χ1) is 8.83. The molecule has 2 aliphatic carbocycles. The van der Waals surface area contributed by atoms with Gasteiger partial charge in [0.25, 0.3) is 0 Å². The van der Waals surface area contributed by atoms with Crippen molar-refractivity contribution in [1.82, 2.24) is 10.2 Å². The summed E-state index contributed by atoms with van der Waals surface area (Å²) >= 11 is 0. The molecule has 0 aromatic rings. The molecule has 1 aliphatic heterocycles. The van der Waals surface area contributed by atoms with Gasteiger partial charge in [-0.1, -0.05) is 6.42 Å². The van der Waals surface area contributed by atoms with Crippen LogP contribution >= 0.6 is 0 Å². The molecule has 3 rings (SSSR count). The molecule has 0 aromatic heterocycles. The van der Waals surface area contributed by atoms with E-state index < -0.39 is 0 Å². The molecule has 0 aromatic carbocycles. The van der Waals surface area contributed by atoms with Gasteiger partial charge in [0.05, 0.1) is 13.2 Å². The molecule has 3 fully saturated rings. The number of hydrogen-bond donors (Lipinski definition) is 1. The second kappa shape index (κ2) is 5.89. The summed E-state index contributed by atoms with van der Waals surface area (Å²) in [6.07, 6.45) is 6.04. The Bertz CT molecular complexity index is 265. The van der Waals surface area contributed by atoms with Crippen molar-refractivity contribution in [1.29, 1.82) is 0 Å². The van der Waals surface area contributed by atoms with Crippen LogP contribution in [0.5, 0.6) is 0 Å². The van der Waals surface area contributed by atoms with Gasteiger partial charge < -0.3 is 10.1 Å². The van der Waals surface area contributed by atoms with E-state index in [-0.39, 0.29) is 0 Å². The smallest absolute Gasteiger partial charge is 0.0594 e. The Kier molecular flexibility index (Phi) is 4.22. The topological polar surface area (TPSA) is 24.5 Å². The highest BCUT2D eigenvalue weighted by Crippen LogP contribution is 2.49. The molecule has 0 spiro atoms. The zero-order chi connectivity index (χ0) is 12.4. The average Bonchev–Trinajstić information content (AvgIpc) is 3.02. The van der Waals surface area contributed by atoms with E-state index in [9.17, 15) is 0 Å². The first kappa shape index (κ1) is 12.9. The Morgan fingerprint density at radius 2 is 2.06 bits per heavy atom. The predicted octanol–water partition coefficient (Wildman–Crippen LogP) is 1.73. The quantitative estimate of drug-likeness (QED) is 0.806. The molecule has 0 radical (unpaired) electrons. The molecule has 0 amide bonds. The maximum Gasteiger partial charge on any atom is 0.0594 e. The standard InChI is InChI=1S/C15H28N2O/c1-12(15-11-13-2-3-14(15)10-13)16-4-5-17-6-8-18-9-7-17/h12-16H,2-11H2,1H3. The summed E-state index contributed by atoms with van der Waals surface area (Å²) in [6.45, 7) is 8.81. The van der Waals surface area contributed by atoms with Crippen LogP contribution in [0.25, 0.3) is 0 Å². The predicted molar refractivity (Wildman–Crippen MR) is 73.7 cm³/mol. The highest BCUT2D eigenvalue weighted by molar-refractivity contribution is 4.94. The molecule has 4 unspecified atom stereocenters. The van der Waals surface area contributed by atoms with E-state index in [0.717, 1.165) is 56.6 Å². The van der Waals surface area contributed by atoms with Crippen LogP contribution < -0.4 is 5.32 Å². The van der Waals surface area contributed by atoms with Gasteiger partial charge in [0.1, 0.15) is 0 Å². The van der Waals surface area contributed by atoms with Crippen molar-refractivity contribution in [2.24, 2.45) is 17.8 Å². The van der Waals surface area contributed by atoms with Gasteiger partial charge in [-0.3, -0.25) is 4.90 Å². The van der Waals surface area contributed by atoms with Gasteiger partial charge in [0.2, 0.25) is 0 Å². The zero-order valence-corrected chi connectivity index (χ0v) is 11.7. The summed E-state index contributed by atoms with van der Waals surface area (Å²) < 4.78 is 5.38. The minimum atomic E-state index is 0.723. The molecular weight excluding hydrogens is 224 g/mol. The molecule has 1 N–H and O–H groups in total. The van der Waals surface area contributed by atoms with E-state index in [4.69, 9.17) is 4.74 Å². The Hall–Kier alpha value is -0.120. The van der Waals surface area contributed by atoms with Gasteiger partial charge in [-0.25, -0.2) is 0 Å². The fourth-order valence-corrected chi connectivity index (χ4v) is 4.33. The molecular formula is C15H28N2O. The van der Waals surface area contributed by atoms with Crippen molar-refractivity contribution in [2.75, 3.05) is 39.4 Å². The van der Waals surface area contributed by atoms with Crippen LogP contribution in [-0.4, -0.2) is 50.3 Å². The third-order valence-electron chi connectivity index (χ3n) is 5.43. The molecule has 1 saturated heterocycles. The number of fused-ring (bicyclic) bond motifs is 2. The van der Waals surface area contributed by atoms with Crippen molar-refractivity contribution in [2.45, 2.75) is 38.6 Å². The molecule has 18 heavy (non-hydrogen) atoms. The lowest BCUT2D eigenvalue weighted by atomic mass is 9.84. The number of ether oxygens (including phenoxy) is 1. The molecule has 2 bridgehead atoms. The van der Waals surface area contributed by atoms with Crippen molar-refractivity contribution in [3.8, 4) is 0 Å². The molecule has 3 aliphatic rings. The maximum absolute atomic E-state index is 5.38. The third-order valence-corrected chi connectivity index (χ3v) is 5.43. The number of hydrogen-bond acceptors (Lipinski definition) is 3. The highest BCUT2D eigenvalue weighted by Gasteiger charge is 2.41. The van der Waals surface area contributed by atoms with Crippen LogP contribution in [-0.2, 0) is 4.74 Å². The van der Waals surface area contributed by atoms with E-state index in [1.165, 1.54) is 32.2 Å². The second-order valence-electron chi connectivity index (χ2n) is 6.54. The molecule has 2 saturated carbocycles. The Morgan fingerprint density at radius 1 is 1.22 bits per heavy atom. The Morgan fingerprint density at radius 3 is 2.72 bits per heavy atom. The largest absolute Gasteiger partial charge is 0.379 e. The monoisotopic (exact) mass is 252 g/mol. The van der Waals surface area contributed by atoms with Crippen molar-refractivity contribution in [3.63, 3.8) is 0 Å². The summed E-state index contributed by atoms with van der Waals surface area (Å²) in [5, 5.41) is 3.77. The lowest BCUT2D eigenvalue weighted by Crippen LogP contribution is -2.44. The molecule has 4 atom stereocenters. The van der Waals surface area contributed by atoms with Gasteiger partial charge in [0, 0.05) is 32.2 Å². The molecule has 104 valence electrons. The normalized spacial score (nSPS) is 38.2. The summed E-state index contributed by atoms with van der Waals surface area (Å²) in [4.78, 5) is 2.52. The van der Waals surface area contributed by atoms with E-state index in [1.54, 1.807) is 0 Å². The zero-order valence-electron chi connectivity index (χ0n) is 11.7. The lowest BCUT2D eigenvalue weighted by molar-refractivity contribution is 0.0378. The van der Waals surface area contributed by atoms with Gasteiger partial charge in [-0.2, -0.15) is 0 Å². The number of rotatable bonds is 5. The molecule has 3 nitrogen and oxygen atoms in total. The minimum Gasteiger partial charge on any atom is -0.379 e. The van der Waals surface area contributed by atoms with Gasteiger partial charge >= 0.3 is 0 Å². The summed E-state index contributed by atoms with van der Waals surface area (Å²) in [6, 6.07) is 0.723. The summed E-state index contributed by atoms with van der Waals surface area (Å²) in [7, 11) is 0. The van der Waals surface area contributed by atoms with Gasteiger partial charge in [-0.15, -0.1) is 0 Å². The van der Waals surface area contributed by atoms with E-state index in [2.05, 4.69) is 17.1 Å². The van der Waals surface area contributed by atoms with Crippen LogP contribution in [0.3, 0.4) is 0 Å². The molecule has 1 heterocycles. The van der Waals surface area contributed by atoms with Crippen LogP contribution in [0.2, 0.25) is 0 Å². The minimum absolute atomic E-state index is 0.723. The second-order valence-corrected chi connectivity index (χ2v) is 6.54. The Labute approximate surface area is 111 Å². The van der Waals surface area contributed by atoms with Crippen LogP contribution in [0.4, 0.5) is 0 Å². The number of nitrogens with zero attached hydrogens (tertiary/aromatic N) is 1. The van der Waals surface area contributed by atoms with Crippen molar-refractivity contribution >= 4 is 0 Å². The van der Waals surface area contributed by atoms with Crippen molar-refractivity contribution in [3.05, 3.63) is 0 Å². The molecule has 3 heteroatoms. The summed E-state index contributed by atoms with van der Waals surface area (Å²) in [5.41, 5.74) is 0. The fraction of sp³-hybridized carbons (Fsp3) is 1.00. The highest BCUT2D eigenvalue weighted by atomic mass is 16.5. The number of morpholine rings is 1. The van der Waals surface area contributed by atoms with Crippen LogP contribution in [0.15, 0.2) is 0 Å². The van der Waals surface area contributed by atoms with E-state index in [1.807, 2.05) is 0 Å². The third kappa shape index (κ3) is 2.89. The first-order valence-electron chi connectivity index (χ1n) is 7.86. The van der Waals surface area contributed by atoms with Gasteiger partial charge in [0.15, 0.2) is 0 Å². The fourth-order valence-electron chi connectivity index (χ4n) is 4.33. The maximum atomic E-state index is 5.38. The number of nitrogens with one attached hydrogen (secondary N) is 1. The SMILES string of the molecule is CC(NCCN1CCOCC1)C1CC2CCC1C2. The Balaban J connectivity index is 1.35. The first-order valence-corrected chi connectivity index (χ1v) is 7.86. The van der Waals surface area contributed by atoms with E-state index in [0.29, 0.717) is 0 Å². The lowest BCUT2D eigenvalue weighted by Gasteiger charge is -2.31.